The third-order valence-electron chi connectivity index (χ3n) is 2.64. The normalized spacial score (nSPS) is 13.1. The van der Waals surface area contributed by atoms with Gasteiger partial charge >= 0.3 is 5.97 Å². The number of carbonyl (C=O) groups is 2. The lowest BCUT2D eigenvalue weighted by atomic mass is 9.86. The number of nitrogens with zero attached hydrogens (tertiary/aromatic N) is 2. The zero-order valence-corrected chi connectivity index (χ0v) is 12.4. The molecule has 0 aromatic carbocycles. The maximum atomic E-state index is 12.1. The van der Waals surface area contributed by atoms with E-state index in [0.717, 1.165) is 18.0 Å². The summed E-state index contributed by atoms with van der Waals surface area (Å²) >= 11 is 0.996. The maximum Gasteiger partial charge on any atom is 0.326 e. The van der Waals surface area contributed by atoms with Crippen molar-refractivity contribution in [1.82, 2.24) is 14.9 Å². The molecule has 0 saturated carbocycles. The first-order valence-corrected chi connectivity index (χ1v) is 6.89. The lowest BCUT2D eigenvalue weighted by Crippen LogP contribution is -2.49. The van der Waals surface area contributed by atoms with Crippen molar-refractivity contribution in [2.75, 3.05) is 0 Å². The predicted molar refractivity (Wildman–Crippen MR) is 72.2 cm³/mol. The van der Waals surface area contributed by atoms with Crippen LogP contribution in [0.25, 0.3) is 0 Å². The minimum atomic E-state index is -1.05. The fourth-order valence-corrected chi connectivity index (χ4v) is 2.24. The first-order valence-electron chi connectivity index (χ1n) is 6.12. The van der Waals surface area contributed by atoms with Gasteiger partial charge in [-0.2, -0.15) is 0 Å². The molecule has 1 amide bonds. The zero-order valence-electron chi connectivity index (χ0n) is 11.6. The highest BCUT2D eigenvalue weighted by Gasteiger charge is 2.33. The number of hydrogen-bond acceptors (Lipinski definition) is 5. The summed E-state index contributed by atoms with van der Waals surface area (Å²) in [5.74, 6) is -1.46. The van der Waals surface area contributed by atoms with Crippen molar-refractivity contribution in [1.29, 1.82) is 0 Å². The van der Waals surface area contributed by atoms with Crippen LogP contribution in [0.2, 0.25) is 0 Å². The number of carbonyl (C=O) groups excluding carboxylic acids is 1. The van der Waals surface area contributed by atoms with Crippen LogP contribution >= 0.6 is 11.5 Å². The molecule has 0 saturated heterocycles. The number of rotatable bonds is 5. The number of carboxylic acids is 1. The van der Waals surface area contributed by atoms with Crippen LogP contribution < -0.4 is 5.32 Å². The molecule has 0 bridgehead atoms. The van der Waals surface area contributed by atoms with Gasteiger partial charge in [0, 0.05) is 0 Å². The van der Waals surface area contributed by atoms with E-state index in [1.807, 2.05) is 6.92 Å². The van der Waals surface area contributed by atoms with Crippen molar-refractivity contribution >= 4 is 23.4 Å². The van der Waals surface area contributed by atoms with Gasteiger partial charge in [0.15, 0.2) is 0 Å². The zero-order chi connectivity index (χ0) is 14.6. The number of aromatic nitrogens is 2. The molecule has 1 rings (SSSR count). The summed E-state index contributed by atoms with van der Waals surface area (Å²) in [4.78, 5) is 23.7. The Labute approximate surface area is 116 Å². The molecule has 1 aromatic rings. The number of amides is 1. The van der Waals surface area contributed by atoms with Crippen LogP contribution in [0.15, 0.2) is 0 Å². The summed E-state index contributed by atoms with van der Waals surface area (Å²) in [6, 6.07) is -0.948. The first kappa shape index (κ1) is 15.6. The highest BCUT2D eigenvalue weighted by molar-refractivity contribution is 7.08. The van der Waals surface area contributed by atoms with Crippen LogP contribution in [0.3, 0.4) is 0 Å². The molecule has 0 aliphatic heterocycles. The van der Waals surface area contributed by atoms with Crippen LogP contribution in [0, 0.1) is 5.41 Å². The average molecular weight is 285 g/mol. The van der Waals surface area contributed by atoms with E-state index >= 15 is 0 Å². The molecule has 6 nitrogen and oxygen atoms in total. The third kappa shape index (κ3) is 3.99. The van der Waals surface area contributed by atoms with Gasteiger partial charge in [-0.1, -0.05) is 38.6 Å². The van der Waals surface area contributed by atoms with E-state index in [2.05, 4.69) is 14.9 Å². The summed E-state index contributed by atoms with van der Waals surface area (Å²) < 4.78 is 3.76. The van der Waals surface area contributed by atoms with Crippen LogP contribution in [-0.4, -0.2) is 32.6 Å². The van der Waals surface area contributed by atoms with Gasteiger partial charge in [0.2, 0.25) is 0 Å². The van der Waals surface area contributed by atoms with E-state index in [0.29, 0.717) is 17.0 Å². The van der Waals surface area contributed by atoms with Crippen molar-refractivity contribution in [2.24, 2.45) is 5.41 Å². The molecule has 106 valence electrons. The highest BCUT2D eigenvalue weighted by atomic mass is 32.1. The second-order valence-electron chi connectivity index (χ2n) is 5.41. The molecule has 1 atom stereocenters. The van der Waals surface area contributed by atoms with E-state index < -0.39 is 23.3 Å². The molecule has 0 spiro atoms. The van der Waals surface area contributed by atoms with Gasteiger partial charge in [0.1, 0.15) is 10.9 Å². The second-order valence-corrected chi connectivity index (χ2v) is 6.16. The van der Waals surface area contributed by atoms with E-state index in [1.54, 1.807) is 20.8 Å². The van der Waals surface area contributed by atoms with Gasteiger partial charge in [-0.05, 0) is 23.4 Å². The van der Waals surface area contributed by atoms with Crippen LogP contribution in [0.1, 0.15) is 49.5 Å². The monoisotopic (exact) mass is 285 g/mol. The molecule has 0 radical (unpaired) electrons. The van der Waals surface area contributed by atoms with Gasteiger partial charge in [-0.15, -0.1) is 5.10 Å². The highest BCUT2D eigenvalue weighted by Crippen LogP contribution is 2.21. The standard InChI is InChI=1S/C12H19N3O3S/c1-5-6-7-8(19-15-14-7)10(16)13-9(11(17)18)12(2,3)4/h9H,5-6H2,1-4H3,(H,13,16)(H,17,18)/t9-/m1/s1. The fraction of sp³-hybridized carbons (Fsp3) is 0.667. The van der Waals surface area contributed by atoms with Gasteiger partial charge < -0.3 is 10.4 Å². The molecule has 7 heteroatoms. The molecular formula is C12H19N3O3S. The molecule has 19 heavy (non-hydrogen) atoms. The Kier molecular flexibility index (Phi) is 4.99. The van der Waals surface area contributed by atoms with Gasteiger partial charge in [-0.25, -0.2) is 4.79 Å². The van der Waals surface area contributed by atoms with E-state index in [1.165, 1.54) is 0 Å². The molecule has 0 aliphatic rings. The maximum absolute atomic E-state index is 12.1. The van der Waals surface area contributed by atoms with Crippen LogP contribution in [-0.2, 0) is 11.2 Å². The molecule has 0 fully saturated rings. The summed E-state index contributed by atoms with van der Waals surface area (Å²) in [5, 5.41) is 15.6. The minimum Gasteiger partial charge on any atom is -0.480 e. The van der Waals surface area contributed by atoms with Crippen molar-refractivity contribution in [3.8, 4) is 0 Å². The number of nitrogens with one attached hydrogen (secondary N) is 1. The summed E-state index contributed by atoms with van der Waals surface area (Å²) in [6.45, 7) is 7.29. The van der Waals surface area contributed by atoms with E-state index in [4.69, 9.17) is 0 Å². The van der Waals surface area contributed by atoms with Crippen molar-refractivity contribution in [2.45, 2.75) is 46.6 Å². The Hall–Kier alpha value is -1.50. The van der Waals surface area contributed by atoms with Crippen molar-refractivity contribution < 1.29 is 14.7 Å². The minimum absolute atomic E-state index is 0.400. The summed E-state index contributed by atoms with van der Waals surface area (Å²) in [7, 11) is 0. The number of aliphatic carboxylic acids is 1. The summed E-state index contributed by atoms with van der Waals surface area (Å²) in [5.41, 5.74) is 0.0629. The predicted octanol–water partition coefficient (Wildman–Crippen LogP) is 1.72. The topological polar surface area (TPSA) is 92.2 Å². The number of carboxylic acid groups (broad SMARTS) is 1. The smallest absolute Gasteiger partial charge is 0.326 e. The molecule has 2 N–H and O–H groups in total. The Balaban J connectivity index is 2.88. The molecule has 1 heterocycles. The van der Waals surface area contributed by atoms with Gasteiger partial charge in [0.25, 0.3) is 5.91 Å². The molecular weight excluding hydrogens is 266 g/mol. The Morgan fingerprint density at radius 2 is 2.05 bits per heavy atom. The van der Waals surface area contributed by atoms with Gasteiger partial charge in [0.05, 0.1) is 5.69 Å². The van der Waals surface area contributed by atoms with Crippen molar-refractivity contribution in [3.05, 3.63) is 10.6 Å². The van der Waals surface area contributed by atoms with E-state index in [9.17, 15) is 14.7 Å². The molecule has 0 aliphatic carbocycles. The average Bonchev–Trinajstić information content (AvgIpc) is 2.72. The fourth-order valence-electron chi connectivity index (χ4n) is 1.63. The third-order valence-corrected chi connectivity index (χ3v) is 3.40. The lowest BCUT2D eigenvalue weighted by molar-refractivity contribution is -0.142. The quantitative estimate of drug-likeness (QED) is 0.859. The van der Waals surface area contributed by atoms with Gasteiger partial charge in [-0.3, -0.25) is 4.79 Å². The molecule has 1 aromatic heterocycles. The Bertz CT molecular complexity index is 465. The lowest BCUT2D eigenvalue weighted by Gasteiger charge is -2.27. The van der Waals surface area contributed by atoms with Crippen LogP contribution in [0.4, 0.5) is 0 Å². The Morgan fingerprint density at radius 3 is 2.53 bits per heavy atom. The largest absolute Gasteiger partial charge is 0.480 e. The molecule has 0 unspecified atom stereocenters. The number of hydrogen-bond donors (Lipinski definition) is 2. The second kappa shape index (κ2) is 6.10. The Morgan fingerprint density at radius 1 is 1.42 bits per heavy atom. The number of aryl methyl sites for hydroxylation is 1. The van der Waals surface area contributed by atoms with E-state index in [-0.39, 0.29) is 0 Å². The SMILES string of the molecule is CCCc1nnsc1C(=O)N[C@H](C(=O)O)C(C)(C)C. The van der Waals surface area contributed by atoms with Crippen molar-refractivity contribution in [3.63, 3.8) is 0 Å². The summed E-state index contributed by atoms with van der Waals surface area (Å²) in [6.07, 6.45) is 1.51. The first-order chi connectivity index (χ1) is 8.77. The van der Waals surface area contributed by atoms with Crippen LogP contribution in [0.5, 0.6) is 0 Å².